The Morgan fingerprint density at radius 2 is 1.86 bits per heavy atom. The van der Waals surface area contributed by atoms with Gasteiger partial charge in [-0.25, -0.2) is 4.79 Å². The highest BCUT2D eigenvalue weighted by atomic mass is 16.5. The summed E-state index contributed by atoms with van der Waals surface area (Å²) in [6.45, 7) is 7.98. The van der Waals surface area contributed by atoms with Crippen LogP contribution in [0.1, 0.15) is 40.5 Å². The number of piperidine rings is 1. The number of amides is 2. The molecule has 6 nitrogen and oxygen atoms in total. The van der Waals surface area contributed by atoms with Crippen molar-refractivity contribution >= 4 is 12.0 Å². The third kappa shape index (κ3) is 2.93. The summed E-state index contributed by atoms with van der Waals surface area (Å²) < 4.78 is 4.64. The maximum absolute atomic E-state index is 13.0. The molecule has 1 saturated heterocycles. The summed E-state index contributed by atoms with van der Waals surface area (Å²) in [5.74, 6) is 0.349. The van der Waals surface area contributed by atoms with E-state index in [1.165, 1.54) is 7.11 Å². The Morgan fingerprint density at radius 1 is 1.23 bits per heavy atom. The molecule has 6 heteroatoms. The molecule has 2 fully saturated rings. The number of alkyl carbamates (subject to hydrolysis) is 1. The fraction of sp³-hybridized carbons (Fsp3) is 0.875. The number of likely N-dealkylation sites (tertiary alicyclic amines) is 1. The number of ether oxygens (including phenoxy) is 1. The minimum Gasteiger partial charge on any atom is -0.453 e. The third-order valence-corrected chi connectivity index (χ3v) is 5.03. The zero-order valence-electron chi connectivity index (χ0n) is 14.1. The van der Waals surface area contributed by atoms with Gasteiger partial charge in [-0.2, -0.15) is 0 Å². The first-order valence-corrected chi connectivity index (χ1v) is 8.12. The van der Waals surface area contributed by atoms with Gasteiger partial charge < -0.3 is 20.1 Å². The van der Waals surface area contributed by atoms with Crippen LogP contribution in [0.5, 0.6) is 0 Å². The maximum Gasteiger partial charge on any atom is 0.407 e. The molecular weight excluding hydrogens is 284 g/mol. The van der Waals surface area contributed by atoms with Gasteiger partial charge in [0.2, 0.25) is 5.91 Å². The first kappa shape index (κ1) is 17.1. The number of aliphatic hydroxyl groups excluding tert-OH is 1. The summed E-state index contributed by atoms with van der Waals surface area (Å²) >= 11 is 0. The van der Waals surface area contributed by atoms with Crippen LogP contribution in [-0.4, -0.2) is 53.3 Å². The number of hydrogen-bond donors (Lipinski definition) is 2. The van der Waals surface area contributed by atoms with Crippen LogP contribution >= 0.6 is 0 Å². The van der Waals surface area contributed by atoms with Crippen LogP contribution in [0.2, 0.25) is 0 Å². The van der Waals surface area contributed by atoms with Crippen molar-refractivity contribution in [3.8, 4) is 0 Å². The molecule has 0 radical (unpaired) electrons. The lowest BCUT2D eigenvalue weighted by Crippen LogP contribution is -2.58. The Bertz CT molecular complexity index is 438. The molecule has 1 aliphatic heterocycles. The highest BCUT2D eigenvalue weighted by Gasteiger charge is 2.54. The van der Waals surface area contributed by atoms with Crippen LogP contribution in [0.25, 0.3) is 0 Å². The number of carbonyl (C=O) groups is 2. The van der Waals surface area contributed by atoms with Gasteiger partial charge >= 0.3 is 6.09 Å². The minimum absolute atomic E-state index is 0.0246. The highest BCUT2D eigenvalue weighted by molar-refractivity contribution is 5.86. The lowest BCUT2D eigenvalue weighted by atomic mass is 9.87. The number of nitrogens with one attached hydrogen (secondary N) is 1. The zero-order valence-corrected chi connectivity index (χ0v) is 14.1. The fourth-order valence-corrected chi connectivity index (χ4v) is 4.07. The van der Waals surface area contributed by atoms with Crippen LogP contribution in [0.15, 0.2) is 0 Å². The van der Waals surface area contributed by atoms with Gasteiger partial charge in [-0.3, -0.25) is 4.79 Å². The maximum atomic E-state index is 13.0. The highest BCUT2D eigenvalue weighted by Crippen LogP contribution is 2.45. The van der Waals surface area contributed by atoms with Gasteiger partial charge in [-0.15, -0.1) is 0 Å². The van der Waals surface area contributed by atoms with Gasteiger partial charge in [-0.1, -0.05) is 27.7 Å². The van der Waals surface area contributed by atoms with Crippen LogP contribution in [0.3, 0.4) is 0 Å². The summed E-state index contributed by atoms with van der Waals surface area (Å²) in [5, 5.41) is 12.8. The molecule has 0 aromatic carbocycles. The molecule has 0 aromatic heterocycles. The van der Waals surface area contributed by atoms with E-state index in [4.69, 9.17) is 0 Å². The molecule has 1 saturated carbocycles. The fourth-order valence-electron chi connectivity index (χ4n) is 4.07. The Labute approximate surface area is 132 Å². The molecule has 2 amide bonds. The molecule has 5 atom stereocenters. The summed E-state index contributed by atoms with van der Waals surface area (Å²) in [7, 11) is 1.29. The molecular formula is C16H28N2O4. The van der Waals surface area contributed by atoms with Crippen molar-refractivity contribution in [2.45, 2.75) is 64.8 Å². The lowest BCUT2D eigenvalue weighted by Gasteiger charge is -2.42. The Morgan fingerprint density at radius 3 is 2.36 bits per heavy atom. The van der Waals surface area contributed by atoms with Crippen molar-refractivity contribution in [3.05, 3.63) is 0 Å². The average Bonchev–Trinajstić information content (AvgIpc) is 2.99. The molecule has 126 valence electrons. The van der Waals surface area contributed by atoms with Gasteiger partial charge in [0.15, 0.2) is 0 Å². The van der Waals surface area contributed by atoms with Crippen LogP contribution in [-0.2, 0) is 9.53 Å². The third-order valence-electron chi connectivity index (χ3n) is 5.03. The normalized spacial score (nSPS) is 31.7. The topological polar surface area (TPSA) is 78.9 Å². The monoisotopic (exact) mass is 312 g/mol. The van der Waals surface area contributed by atoms with Crippen molar-refractivity contribution in [1.29, 1.82) is 0 Å². The van der Waals surface area contributed by atoms with E-state index < -0.39 is 12.1 Å². The molecule has 0 aromatic rings. The van der Waals surface area contributed by atoms with Crippen LogP contribution in [0.4, 0.5) is 4.79 Å². The van der Waals surface area contributed by atoms with Crippen LogP contribution in [0, 0.1) is 17.8 Å². The number of aliphatic hydroxyl groups is 1. The molecule has 2 bridgehead atoms. The lowest BCUT2D eigenvalue weighted by molar-refractivity contribution is -0.142. The molecule has 1 heterocycles. The number of hydrogen-bond acceptors (Lipinski definition) is 4. The van der Waals surface area contributed by atoms with E-state index in [2.05, 4.69) is 23.9 Å². The Balaban J connectivity index is 2.20. The van der Waals surface area contributed by atoms with E-state index in [1.54, 1.807) is 0 Å². The predicted molar refractivity (Wildman–Crippen MR) is 82.2 cm³/mol. The summed E-state index contributed by atoms with van der Waals surface area (Å²) in [6.07, 6.45) is 0.603. The molecule has 2 rings (SSSR count). The van der Waals surface area contributed by atoms with E-state index in [0.29, 0.717) is 6.42 Å². The number of fused-ring (bicyclic) bond motifs is 2. The van der Waals surface area contributed by atoms with Crippen molar-refractivity contribution in [3.63, 3.8) is 0 Å². The molecule has 22 heavy (non-hydrogen) atoms. The van der Waals surface area contributed by atoms with Crippen molar-refractivity contribution in [1.82, 2.24) is 10.2 Å². The van der Waals surface area contributed by atoms with Gasteiger partial charge in [-0.05, 0) is 24.7 Å². The molecule has 0 unspecified atom stereocenters. The van der Waals surface area contributed by atoms with E-state index in [1.807, 2.05) is 18.7 Å². The van der Waals surface area contributed by atoms with Gasteiger partial charge in [0, 0.05) is 18.0 Å². The second-order valence-electron chi connectivity index (χ2n) is 7.19. The number of rotatable bonds is 4. The quantitative estimate of drug-likeness (QED) is 0.822. The molecule has 0 spiro atoms. The van der Waals surface area contributed by atoms with Crippen molar-refractivity contribution in [2.24, 2.45) is 17.8 Å². The number of methoxy groups -OCH3 is 1. The standard InChI is InChI=1S/C16H28N2O4/c1-8(2)13(17-16(21)22-5)15(20)18-10-6-11(12(19)7-10)14(18)9(3)4/h8-14,19H,6-7H2,1-5H3,(H,17,21)/t10-,11+,12-,13-,14+/m0/s1. The van der Waals surface area contributed by atoms with Crippen molar-refractivity contribution < 1.29 is 19.4 Å². The molecule has 2 N–H and O–H groups in total. The average molecular weight is 312 g/mol. The van der Waals surface area contributed by atoms with E-state index in [-0.39, 0.29) is 41.8 Å². The summed E-state index contributed by atoms with van der Waals surface area (Å²) in [4.78, 5) is 26.5. The molecule has 1 aliphatic carbocycles. The SMILES string of the molecule is COC(=O)N[C@H](C(=O)N1[C@H]2C[C@@H]([C@H]1C(C)C)[C@@H](O)C2)C(C)C. The summed E-state index contributed by atoms with van der Waals surface area (Å²) in [5.41, 5.74) is 0. The second kappa shape index (κ2) is 6.44. The molecule has 2 aliphatic rings. The smallest absolute Gasteiger partial charge is 0.407 e. The number of carbonyl (C=O) groups excluding carboxylic acids is 2. The predicted octanol–water partition coefficient (Wildman–Crippen LogP) is 1.37. The summed E-state index contributed by atoms with van der Waals surface area (Å²) in [6, 6.07) is -0.465. The largest absolute Gasteiger partial charge is 0.453 e. The van der Waals surface area contributed by atoms with E-state index >= 15 is 0 Å². The zero-order chi connectivity index (χ0) is 16.6. The van der Waals surface area contributed by atoms with E-state index in [9.17, 15) is 14.7 Å². The Hall–Kier alpha value is -1.30. The van der Waals surface area contributed by atoms with E-state index in [0.717, 1.165) is 6.42 Å². The first-order valence-electron chi connectivity index (χ1n) is 8.12. The van der Waals surface area contributed by atoms with Gasteiger partial charge in [0.05, 0.1) is 13.2 Å². The first-order chi connectivity index (χ1) is 10.3. The number of nitrogens with zero attached hydrogens (tertiary/aromatic N) is 1. The second-order valence-corrected chi connectivity index (χ2v) is 7.19. The van der Waals surface area contributed by atoms with Crippen molar-refractivity contribution in [2.75, 3.05) is 7.11 Å². The minimum atomic E-state index is -0.592. The van der Waals surface area contributed by atoms with Crippen LogP contribution < -0.4 is 5.32 Å². The van der Waals surface area contributed by atoms with Gasteiger partial charge in [0.25, 0.3) is 0 Å². The van der Waals surface area contributed by atoms with Gasteiger partial charge in [0.1, 0.15) is 6.04 Å². The Kier molecular flexibility index (Phi) is 5.00.